The SMILES string of the molecule is CCOc1cc([C@@H](Nc2ccc(/C(N)=N/C(=O)OCc3ccccc3)cc2)C(=O)N2CCC[C@@H]2c2cc(NC(=O)OC)ccc2S(=O)(=O)C(C)C)ccc1OC(C)C. The number of amides is 3. The van der Waals surface area contributed by atoms with Crippen LogP contribution < -0.4 is 25.8 Å². The Morgan fingerprint density at radius 1 is 0.914 bits per heavy atom. The van der Waals surface area contributed by atoms with Crippen molar-refractivity contribution in [1.29, 1.82) is 0 Å². The number of carbonyl (C=O) groups excluding carboxylic acids is 3. The van der Waals surface area contributed by atoms with Gasteiger partial charge in [-0.3, -0.25) is 10.1 Å². The molecule has 2 atom stereocenters. The molecule has 1 fully saturated rings. The van der Waals surface area contributed by atoms with Crippen LogP contribution in [0.1, 0.15) is 81.8 Å². The van der Waals surface area contributed by atoms with E-state index in [4.69, 9.17) is 24.7 Å². The van der Waals surface area contributed by atoms with Crippen molar-refractivity contribution in [1.82, 2.24) is 4.90 Å². The fourth-order valence-electron chi connectivity index (χ4n) is 6.52. The van der Waals surface area contributed by atoms with Gasteiger partial charge in [0.2, 0.25) is 5.91 Å². The van der Waals surface area contributed by atoms with Gasteiger partial charge in [0.15, 0.2) is 21.3 Å². The molecule has 1 aliphatic rings. The van der Waals surface area contributed by atoms with E-state index in [0.717, 1.165) is 5.56 Å². The lowest BCUT2D eigenvalue weighted by molar-refractivity contribution is -0.133. The number of aliphatic imine (C=N–C) groups is 1. The minimum Gasteiger partial charge on any atom is -0.490 e. The standard InChI is InChI=1S/C43H51N5O9S/c1-7-55-37-24-31(17-21-36(37)57-27(2)3)39(45-32-18-15-30(16-19-32)40(44)47-43(51)56-26-29-12-9-8-10-13-29)41(49)48-23-11-14-35(48)34-25-33(46-42(50)54-6)20-22-38(34)58(52,53)28(4)5/h8-10,12-13,15-22,24-25,27-28,35,39,45H,7,11,14,23,26H2,1-6H3,(H,46,50)(H2,44,47,51)/t35-,39-/m1/s1. The Hall–Kier alpha value is -6.09. The first-order chi connectivity index (χ1) is 27.7. The number of sulfone groups is 1. The lowest BCUT2D eigenvalue weighted by atomic mass is 10.0. The zero-order chi connectivity index (χ0) is 42.0. The molecule has 5 rings (SSSR count). The normalized spacial score (nSPS) is 14.9. The summed E-state index contributed by atoms with van der Waals surface area (Å²) >= 11 is 0. The highest BCUT2D eigenvalue weighted by Gasteiger charge is 2.38. The van der Waals surface area contributed by atoms with Crippen molar-refractivity contribution in [2.75, 3.05) is 30.9 Å². The number of nitrogens with one attached hydrogen (secondary N) is 2. The van der Waals surface area contributed by atoms with Crippen LogP contribution in [0.2, 0.25) is 0 Å². The van der Waals surface area contributed by atoms with Crippen molar-refractivity contribution in [3.63, 3.8) is 0 Å². The van der Waals surface area contributed by atoms with Gasteiger partial charge in [-0.15, -0.1) is 0 Å². The number of nitrogens with zero attached hydrogens (tertiary/aromatic N) is 2. The lowest BCUT2D eigenvalue weighted by Gasteiger charge is -2.32. The van der Waals surface area contributed by atoms with Gasteiger partial charge in [-0.1, -0.05) is 36.4 Å². The molecule has 1 heterocycles. The Balaban J connectivity index is 1.50. The smallest absolute Gasteiger partial charge is 0.435 e. The third-order valence-corrected chi connectivity index (χ3v) is 11.6. The average molecular weight is 814 g/mol. The third-order valence-electron chi connectivity index (χ3n) is 9.38. The van der Waals surface area contributed by atoms with Gasteiger partial charge < -0.3 is 34.9 Å². The van der Waals surface area contributed by atoms with E-state index in [0.29, 0.717) is 65.6 Å². The molecule has 4 aromatic rings. The van der Waals surface area contributed by atoms with E-state index in [1.807, 2.05) is 51.1 Å². The van der Waals surface area contributed by atoms with E-state index in [9.17, 15) is 22.8 Å². The molecule has 1 aliphatic heterocycles. The number of anilines is 2. The Kier molecular flexibility index (Phi) is 14.4. The number of benzene rings is 4. The zero-order valence-corrected chi connectivity index (χ0v) is 34.4. The molecular weight excluding hydrogens is 763 g/mol. The second-order valence-corrected chi connectivity index (χ2v) is 16.6. The molecule has 14 nitrogen and oxygen atoms in total. The van der Waals surface area contributed by atoms with Crippen LogP contribution in [0.15, 0.2) is 101 Å². The Morgan fingerprint density at radius 3 is 2.28 bits per heavy atom. The Labute approximate surface area is 339 Å². The summed E-state index contributed by atoms with van der Waals surface area (Å²) in [6.45, 7) is 9.61. The number of ether oxygens (including phenoxy) is 4. The number of amidine groups is 1. The summed E-state index contributed by atoms with van der Waals surface area (Å²) < 4.78 is 49.4. The van der Waals surface area contributed by atoms with E-state index in [1.54, 1.807) is 67.3 Å². The predicted molar refractivity (Wildman–Crippen MR) is 222 cm³/mol. The number of rotatable bonds is 15. The zero-order valence-electron chi connectivity index (χ0n) is 33.6. The summed E-state index contributed by atoms with van der Waals surface area (Å²) in [4.78, 5) is 45.2. The summed E-state index contributed by atoms with van der Waals surface area (Å²) in [6.07, 6.45) is -0.600. The van der Waals surface area contributed by atoms with Crippen LogP contribution in [0.3, 0.4) is 0 Å². The van der Waals surface area contributed by atoms with Crippen molar-refractivity contribution in [2.24, 2.45) is 10.7 Å². The van der Waals surface area contributed by atoms with Gasteiger partial charge in [0.1, 0.15) is 18.5 Å². The first-order valence-electron chi connectivity index (χ1n) is 19.1. The molecule has 0 aliphatic carbocycles. The fourth-order valence-corrected chi connectivity index (χ4v) is 7.81. The second-order valence-electron chi connectivity index (χ2n) is 14.2. The number of hydrogen-bond acceptors (Lipinski definition) is 10. The van der Waals surface area contributed by atoms with Gasteiger partial charge in [-0.2, -0.15) is 4.99 Å². The monoisotopic (exact) mass is 813 g/mol. The first-order valence-corrected chi connectivity index (χ1v) is 20.6. The van der Waals surface area contributed by atoms with Crippen LogP contribution in [-0.2, 0) is 30.7 Å². The number of methoxy groups -OCH3 is 1. The van der Waals surface area contributed by atoms with Crippen molar-refractivity contribution in [3.05, 3.63) is 113 Å². The van der Waals surface area contributed by atoms with Crippen molar-refractivity contribution in [2.45, 2.75) is 82.4 Å². The van der Waals surface area contributed by atoms with E-state index in [1.165, 1.54) is 19.2 Å². The minimum atomic E-state index is -3.80. The van der Waals surface area contributed by atoms with Gasteiger partial charge in [-0.05, 0) is 119 Å². The van der Waals surface area contributed by atoms with Crippen LogP contribution in [-0.4, -0.2) is 68.9 Å². The van der Waals surface area contributed by atoms with Crippen molar-refractivity contribution < 1.29 is 41.7 Å². The Bertz CT molecular complexity index is 2210. The minimum absolute atomic E-state index is 0.0460. The molecule has 308 valence electrons. The molecule has 58 heavy (non-hydrogen) atoms. The highest BCUT2D eigenvalue weighted by Crippen LogP contribution is 2.41. The van der Waals surface area contributed by atoms with Gasteiger partial charge in [0, 0.05) is 23.5 Å². The number of carbonyl (C=O) groups is 3. The maximum absolute atomic E-state index is 15.0. The number of nitrogens with two attached hydrogens (primary N) is 1. The molecule has 1 saturated heterocycles. The molecule has 0 unspecified atom stereocenters. The second kappa shape index (κ2) is 19.4. The summed E-state index contributed by atoms with van der Waals surface area (Å²) in [5.74, 6) is 0.603. The average Bonchev–Trinajstić information content (AvgIpc) is 3.70. The molecule has 3 amide bonds. The Morgan fingerprint density at radius 2 is 1.62 bits per heavy atom. The largest absolute Gasteiger partial charge is 0.490 e. The molecule has 0 bridgehead atoms. The molecule has 0 aromatic heterocycles. The molecule has 4 N–H and O–H groups in total. The topological polar surface area (TPSA) is 188 Å². The number of likely N-dealkylation sites (tertiary alicyclic amines) is 1. The van der Waals surface area contributed by atoms with Crippen molar-refractivity contribution in [3.8, 4) is 11.5 Å². The van der Waals surface area contributed by atoms with Crippen molar-refractivity contribution >= 4 is 45.1 Å². The van der Waals surface area contributed by atoms with Gasteiger partial charge >= 0.3 is 12.2 Å². The van der Waals surface area contributed by atoms with Gasteiger partial charge in [0.05, 0.1) is 36.0 Å². The first kappa shape index (κ1) is 43.0. The maximum Gasteiger partial charge on any atom is 0.435 e. The van der Waals surface area contributed by atoms with Gasteiger partial charge in [0.25, 0.3) is 0 Å². The number of hydrogen-bond donors (Lipinski definition) is 3. The molecule has 0 saturated carbocycles. The molecule has 15 heteroatoms. The highest BCUT2D eigenvalue weighted by atomic mass is 32.2. The summed E-state index contributed by atoms with van der Waals surface area (Å²) in [5.41, 5.74) is 9.28. The van der Waals surface area contributed by atoms with E-state index < -0.39 is 39.4 Å². The molecular formula is C43H51N5O9S. The van der Waals surface area contributed by atoms with E-state index in [2.05, 4.69) is 15.6 Å². The molecule has 0 spiro atoms. The van der Waals surface area contributed by atoms with Crippen LogP contribution in [0, 0.1) is 0 Å². The van der Waals surface area contributed by atoms with Crippen LogP contribution in [0.4, 0.5) is 21.0 Å². The summed E-state index contributed by atoms with van der Waals surface area (Å²) in [6, 6.07) is 24.2. The maximum atomic E-state index is 15.0. The molecule has 0 radical (unpaired) electrons. The highest BCUT2D eigenvalue weighted by molar-refractivity contribution is 7.92. The van der Waals surface area contributed by atoms with Crippen LogP contribution in [0.25, 0.3) is 0 Å². The van der Waals surface area contributed by atoms with E-state index in [-0.39, 0.29) is 29.3 Å². The van der Waals surface area contributed by atoms with Crippen LogP contribution >= 0.6 is 0 Å². The lowest BCUT2D eigenvalue weighted by Crippen LogP contribution is -2.38. The van der Waals surface area contributed by atoms with E-state index >= 15 is 0 Å². The fraction of sp³-hybridized carbons (Fsp3) is 0.349. The quantitative estimate of drug-likeness (QED) is 0.0785. The summed E-state index contributed by atoms with van der Waals surface area (Å²) in [5, 5.41) is 5.26. The molecule has 4 aromatic carbocycles. The van der Waals surface area contributed by atoms with Gasteiger partial charge in [-0.25, -0.2) is 18.0 Å². The summed E-state index contributed by atoms with van der Waals surface area (Å²) in [7, 11) is -2.57. The van der Waals surface area contributed by atoms with Crippen LogP contribution in [0.5, 0.6) is 11.5 Å². The predicted octanol–water partition coefficient (Wildman–Crippen LogP) is 7.79. The third kappa shape index (κ3) is 10.6.